The van der Waals surface area contributed by atoms with Gasteiger partial charge in [0, 0.05) is 7.11 Å². The summed E-state index contributed by atoms with van der Waals surface area (Å²) < 4.78 is 10.3. The zero-order valence-electron chi connectivity index (χ0n) is 7.13. The largest absolute Gasteiger partial charge is 0.382 e. The van der Waals surface area contributed by atoms with Crippen molar-refractivity contribution in [1.82, 2.24) is 0 Å². The molecule has 1 aliphatic rings. The van der Waals surface area contributed by atoms with Crippen LogP contribution in [0.15, 0.2) is 0 Å². The molecule has 0 aromatic carbocycles. The Labute approximate surface area is 66.9 Å². The van der Waals surface area contributed by atoms with Crippen LogP contribution in [-0.4, -0.2) is 25.4 Å². The Morgan fingerprint density at radius 2 is 2.36 bits per heavy atom. The lowest BCUT2D eigenvalue weighted by atomic mass is 9.93. The van der Waals surface area contributed by atoms with Crippen molar-refractivity contribution in [3.8, 4) is 6.07 Å². The molecule has 2 atom stereocenters. The quantitative estimate of drug-likeness (QED) is 0.570. The van der Waals surface area contributed by atoms with Crippen molar-refractivity contribution < 1.29 is 9.47 Å². The van der Waals surface area contributed by atoms with Crippen LogP contribution in [0.5, 0.6) is 0 Å². The molecule has 0 radical (unpaired) electrons. The number of methoxy groups -OCH3 is 1. The fourth-order valence-corrected chi connectivity index (χ4v) is 1.26. The molecule has 0 aromatic rings. The molecule has 3 heteroatoms. The van der Waals surface area contributed by atoms with Crippen molar-refractivity contribution in [2.75, 3.05) is 13.7 Å². The van der Waals surface area contributed by atoms with Crippen molar-refractivity contribution in [3.05, 3.63) is 0 Å². The van der Waals surface area contributed by atoms with E-state index >= 15 is 0 Å². The molecule has 1 heterocycles. The van der Waals surface area contributed by atoms with Crippen LogP contribution in [0, 0.1) is 17.2 Å². The van der Waals surface area contributed by atoms with Crippen LogP contribution >= 0.6 is 0 Å². The van der Waals surface area contributed by atoms with Crippen LogP contribution in [0.1, 0.15) is 13.8 Å². The minimum Gasteiger partial charge on any atom is -0.382 e. The molecule has 1 fully saturated rings. The summed E-state index contributed by atoms with van der Waals surface area (Å²) in [6, 6.07) is 2.09. The van der Waals surface area contributed by atoms with Crippen LogP contribution in [0.2, 0.25) is 0 Å². The highest BCUT2D eigenvalue weighted by atomic mass is 16.6. The third-order valence-corrected chi connectivity index (χ3v) is 2.19. The second kappa shape index (κ2) is 2.80. The van der Waals surface area contributed by atoms with Crippen LogP contribution in [-0.2, 0) is 9.47 Å². The van der Waals surface area contributed by atoms with Crippen molar-refractivity contribution in [2.45, 2.75) is 25.6 Å². The molecule has 0 amide bonds. The van der Waals surface area contributed by atoms with Gasteiger partial charge in [-0.1, -0.05) is 13.8 Å². The van der Waals surface area contributed by atoms with Crippen molar-refractivity contribution in [2.24, 2.45) is 5.92 Å². The van der Waals surface area contributed by atoms with Gasteiger partial charge in [-0.15, -0.1) is 0 Å². The van der Waals surface area contributed by atoms with E-state index in [2.05, 4.69) is 6.07 Å². The highest BCUT2D eigenvalue weighted by molar-refractivity contribution is 5.15. The Hall–Kier alpha value is -0.590. The first-order valence-corrected chi connectivity index (χ1v) is 3.73. The molecule has 11 heavy (non-hydrogen) atoms. The van der Waals surface area contributed by atoms with Gasteiger partial charge in [0.05, 0.1) is 12.7 Å². The first kappa shape index (κ1) is 8.51. The minimum atomic E-state index is -0.316. The van der Waals surface area contributed by atoms with E-state index < -0.39 is 0 Å². The third kappa shape index (κ3) is 1.24. The SMILES string of the molecule is COCC1(C(C)C)OC1C#N. The van der Waals surface area contributed by atoms with Gasteiger partial charge in [0.15, 0.2) is 6.10 Å². The molecule has 2 unspecified atom stereocenters. The Kier molecular flexibility index (Phi) is 2.17. The van der Waals surface area contributed by atoms with Gasteiger partial charge >= 0.3 is 0 Å². The topological polar surface area (TPSA) is 45.5 Å². The molecule has 1 aliphatic heterocycles. The van der Waals surface area contributed by atoms with E-state index in [0.717, 1.165) is 0 Å². The van der Waals surface area contributed by atoms with E-state index in [1.165, 1.54) is 0 Å². The number of nitriles is 1. The summed E-state index contributed by atoms with van der Waals surface area (Å²) in [6.07, 6.45) is -0.262. The second-order valence-corrected chi connectivity index (χ2v) is 3.17. The average Bonchev–Trinajstić information content (AvgIpc) is 2.65. The number of nitrogens with zero attached hydrogens (tertiary/aromatic N) is 1. The van der Waals surface area contributed by atoms with Gasteiger partial charge in [0.25, 0.3) is 0 Å². The molecule has 0 N–H and O–H groups in total. The molecule has 0 aromatic heterocycles. The fourth-order valence-electron chi connectivity index (χ4n) is 1.26. The maximum Gasteiger partial charge on any atom is 0.176 e. The van der Waals surface area contributed by atoms with E-state index in [-0.39, 0.29) is 11.7 Å². The van der Waals surface area contributed by atoms with E-state index in [1.807, 2.05) is 13.8 Å². The molecular weight excluding hydrogens is 142 g/mol. The molecule has 1 rings (SSSR count). The molecule has 0 aliphatic carbocycles. The number of epoxide rings is 1. The van der Waals surface area contributed by atoms with E-state index in [1.54, 1.807) is 7.11 Å². The first-order chi connectivity index (χ1) is 5.17. The lowest BCUT2D eigenvalue weighted by molar-refractivity contribution is 0.0942. The third-order valence-electron chi connectivity index (χ3n) is 2.19. The Morgan fingerprint density at radius 1 is 1.73 bits per heavy atom. The van der Waals surface area contributed by atoms with Crippen LogP contribution in [0.4, 0.5) is 0 Å². The molecule has 0 saturated carbocycles. The molecule has 0 spiro atoms. The lowest BCUT2D eigenvalue weighted by Crippen LogP contribution is -2.28. The summed E-state index contributed by atoms with van der Waals surface area (Å²) >= 11 is 0. The standard InChI is InChI=1S/C8H13NO2/c1-6(2)8(5-10-3)7(4-9)11-8/h6-7H,5H2,1-3H3. The Balaban J connectivity index is 2.57. The predicted octanol–water partition coefficient (Wildman–Crippen LogP) is 0.950. The van der Waals surface area contributed by atoms with Gasteiger partial charge in [-0.2, -0.15) is 5.26 Å². The molecule has 3 nitrogen and oxygen atoms in total. The minimum absolute atomic E-state index is 0.262. The summed E-state index contributed by atoms with van der Waals surface area (Å²) in [4.78, 5) is 0. The summed E-state index contributed by atoms with van der Waals surface area (Å²) in [5.74, 6) is 0.340. The van der Waals surface area contributed by atoms with E-state index in [9.17, 15) is 0 Å². The van der Waals surface area contributed by atoms with Gasteiger partial charge in [-0.25, -0.2) is 0 Å². The summed E-state index contributed by atoms with van der Waals surface area (Å²) in [6.45, 7) is 4.59. The monoisotopic (exact) mass is 155 g/mol. The van der Waals surface area contributed by atoms with Gasteiger partial charge in [0.2, 0.25) is 0 Å². The van der Waals surface area contributed by atoms with Crippen LogP contribution in [0.3, 0.4) is 0 Å². The summed E-state index contributed by atoms with van der Waals surface area (Å²) in [7, 11) is 1.63. The number of hydrogen-bond donors (Lipinski definition) is 0. The molecular formula is C8H13NO2. The van der Waals surface area contributed by atoms with Gasteiger partial charge in [-0.05, 0) is 5.92 Å². The maximum absolute atomic E-state index is 8.59. The van der Waals surface area contributed by atoms with Crippen LogP contribution in [0.25, 0.3) is 0 Å². The first-order valence-electron chi connectivity index (χ1n) is 3.73. The van der Waals surface area contributed by atoms with E-state index in [0.29, 0.717) is 12.5 Å². The molecule has 62 valence electrons. The number of hydrogen-bond acceptors (Lipinski definition) is 3. The second-order valence-electron chi connectivity index (χ2n) is 3.17. The lowest BCUT2D eigenvalue weighted by Gasteiger charge is -2.13. The normalized spacial score (nSPS) is 35.4. The van der Waals surface area contributed by atoms with Gasteiger partial charge in [-0.3, -0.25) is 0 Å². The highest BCUT2D eigenvalue weighted by Gasteiger charge is 2.59. The van der Waals surface area contributed by atoms with Crippen LogP contribution < -0.4 is 0 Å². The predicted molar refractivity (Wildman–Crippen MR) is 39.9 cm³/mol. The van der Waals surface area contributed by atoms with Gasteiger partial charge < -0.3 is 9.47 Å². The Bertz CT molecular complexity index is 185. The number of ether oxygens (including phenoxy) is 2. The fraction of sp³-hybridized carbons (Fsp3) is 0.875. The smallest absolute Gasteiger partial charge is 0.176 e. The number of rotatable bonds is 3. The highest BCUT2D eigenvalue weighted by Crippen LogP contribution is 2.42. The maximum atomic E-state index is 8.59. The zero-order valence-corrected chi connectivity index (χ0v) is 7.13. The van der Waals surface area contributed by atoms with Crippen molar-refractivity contribution in [1.29, 1.82) is 5.26 Å². The Morgan fingerprint density at radius 3 is 2.64 bits per heavy atom. The summed E-state index contributed by atoms with van der Waals surface area (Å²) in [5.41, 5.74) is -0.316. The van der Waals surface area contributed by atoms with Crippen molar-refractivity contribution >= 4 is 0 Å². The molecule has 1 saturated heterocycles. The van der Waals surface area contributed by atoms with Gasteiger partial charge in [0.1, 0.15) is 5.60 Å². The van der Waals surface area contributed by atoms with E-state index in [4.69, 9.17) is 14.7 Å². The zero-order chi connectivity index (χ0) is 8.48. The molecule has 0 bridgehead atoms. The summed E-state index contributed by atoms with van der Waals surface area (Å²) in [5, 5.41) is 8.59. The average molecular weight is 155 g/mol. The van der Waals surface area contributed by atoms with Crippen molar-refractivity contribution in [3.63, 3.8) is 0 Å².